The minimum Gasteiger partial charge on any atom is -0.394 e. The van der Waals surface area contributed by atoms with Crippen LogP contribution in [0, 0.1) is 10.8 Å². The van der Waals surface area contributed by atoms with Crippen LogP contribution < -0.4 is 11.1 Å². The number of hydrogen-bond donors (Lipinski definition) is 3. The molecule has 4 N–H and O–H groups in total. The molecule has 1 aliphatic carbocycles. The van der Waals surface area contributed by atoms with Crippen molar-refractivity contribution >= 4 is 17.6 Å². The molecule has 0 aliphatic heterocycles. The Morgan fingerprint density at radius 1 is 1.22 bits per heavy atom. The topological polar surface area (TPSA) is 113 Å². The smallest absolute Gasteiger partial charge is 0.239 e. The number of nitrogens with zero attached hydrogens (tertiary/aromatic N) is 1. The van der Waals surface area contributed by atoms with Gasteiger partial charge < -0.3 is 21.1 Å². The number of carbonyl (C=O) groups excluding carboxylic acids is 3. The normalized spacial score (nSPS) is 29.7. The van der Waals surface area contributed by atoms with Gasteiger partial charge in [0.15, 0.2) is 5.78 Å². The van der Waals surface area contributed by atoms with Crippen LogP contribution in [0.3, 0.4) is 0 Å². The minimum atomic E-state index is -1.06. The fraction of sp³-hybridized carbons (Fsp3) is 0.812. The molecule has 23 heavy (non-hydrogen) atoms. The zero-order chi connectivity index (χ0) is 18.0. The molecular formula is C16H29N3O4. The minimum absolute atomic E-state index is 0.0727. The molecule has 2 unspecified atom stereocenters. The maximum Gasteiger partial charge on any atom is 0.239 e. The highest BCUT2D eigenvalue weighted by Gasteiger charge is 2.58. The summed E-state index contributed by atoms with van der Waals surface area (Å²) in [7, 11) is 3.37. The molecule has 0 bridgehead atoms. The van der Waals surface area contributed by atoms with Crippen molar-refractivity contribution in [2.45, 2.75) is 52.1 Å². The van der Waals surface area contributed by atoms with Gasteiger partial charge in [-0.1, -0.05) is 13.3 Å². The Kier molecular flexibility index (Phi) is 5.93. The van der Waals surface area contributed by atoms with Crippen LogP contribution in [-0.2, 0) is 14.4 Å². The molecule has 7 heteroatoms. The fourth-order valence-corrected chi connectivity index (χ4v) is 3.53. The molecular weight excluding hydrogens is 298 g/mol. The largest absolute Gasteiger partial charge is 0.394 e. The average Bonchev–Trinajstić information content (AvgIpc) is 2.81. The Morgan fingerprint density at radius 3 is 2.22 bits per heavy atom. The molecule has 1 fully saturated rings. The van der Waals surface area contributed by atoms with E-state index in [0.717, 1.165) is 6.42 Å². The number of ketones is 1. The summed E-state index contributed by atoms with van der Waals surface area (Å²) in [6.07, 6.45) is 2.03. The number of amides is 2. The standard InChI is InChI=1S/C16H29N3O4/c1-10(18-13(22)11(17)9-20)12(21)15(2)7-6-8-16(15,3)14(23)19(4)5/h10-11,20H,6-9,17H2,1-5H3,(H,18,22)/t10-,11+,15?,16?/m1/s1. The van der Waals surface area contributed by atoms with E-state index in [1.165, 1.54) is 4.90 Å². The second-order valence-corrected chi connectivity index (χ2v) is 7.10. The Hall–Kier alpha value is -1.47. The second kappa shape index (κ2) is 6.97. The van der Waals surface area contributed by atoms with Gasteiger partial charge in [0, 0.05) is 19.5 Å². The van der Waals surface area contributed by atoms with Crippen LogP contribution in [0.2, 0.25) is 0 Å². The first-order valence-electron chi connectivity index (χ1n) is 7.94. The van der Waals surface area contributed by atoms with Crippen molar-refractivity contribution in [2.75, 3.05) is 20.7 Å². The second-order valence-electron chi connectivity index (χ2n) is 7.10. The van der Waals surface area contributed by atoms with Gasteiger partial charge in [0.05, 0.1) is 18.1 Å². The number of aliphatic hydroxyl groups excluding tert-OH is 1. The fourth-order valence-electron chi connectivity index (χ4n) is 3.53. The van der Waals surface area contributed by atoms with Crippen molar-refractivity contribution in [3.63, 3.8) is 0 Å². The number of hydrogen-bond acceptors (Lipinski definition) is 5. The molecule has 1 saturated carbocycles. The molecule has 0 saturated heterocycles. The summed E-state index contributed by atoms with van der Waals surface area (Å²) >= 11 is 0. The Balaban J connectivity index is 3.00. The molecule has 7 nitrogen and oxygen atoms in total. The van der Waals surface area contributed by atoms with Crippen LogP contribution >= 0.6 is 0 Å². The summed E-state index contributed by atoms with van der Waals surface area (Å²) in [6.45, 7) is 4.74. The third-order valence-corrected chi connectivity index (χ3v) is 5.28. The van der Waals surface area contributed by atoms with E-state index in [1.54, 1.807) is 27.9 Å². The maximum atomic E-state index is 13.0. The van der Waals surface area contributed by atoms with E-state index in [1.807, 2.05) is 6.92 Å². The predicted octanol–water partition coefficient (Wildman–Crippen LogP) is -0.335. The lowest BCUT2D eigenvalue weighted by atomic mass is 9.63. The van der Waals surface area contributed by atoms with Gasteiger partial charge in [-0.3, -0.25) is 14.4 Å². The van der Waals surface area contributed by atoms with E-state index in [4.69, 9.17) is 10.8 Å². The lowest BCUT2D eigenvalue weighted by Crippen LogP contribution is -2.56. The third kappa shape index (κ3) is 3.40. The van der Waals surface area contributed by atoms with Crippen molar-refractivity contribution < 1.29 is 19.5 Å². The van der Waals surface area contributed by atoms with E-state index in [-0.39, 0.29) is 11.7 Å². The van der Waals surface area contributed by atoms with Gasteiger partial charge in [0.25, 0.3) is 0 Å². The molecule has 0 heterocycles. The predicted molar refractivity (Wildman–Crippen MR) is 86.4 cm³/mol. The molecule has 2 amide bonds. The van der Waals surface area contributed by atoms with Gasteiger partial charge in [0.2, 0.25) is 11.8 Å². The molecule has 1 rings (SSSR count). The summed E-state index contributed by atoms with van der Waals surface area (Å²) in [5.41, 5.74) is 3.83. The van der Waals surface area contributed by atoms with Gasteiger partial charge >= 0.3 is 0 Å². The number of Topliss-reactive ketones (excluding diaryl/α,β-unsaturated/α-hetero) is 1. The van der Waals surface area contributed by atoms with Crippen molar-refractivity contribution in [3.05, 3.63) is 0 Å². The van der Waals surface area contributed by atoms with Gasteiger partial charge in [-0.15, -0.1) is 0 Å². The van der Waals surface area contributed by atoms with Crippen LogP contribution in [0.4, 0.5) is 0 Å². The van der Waals surface area contributed by atoms with Gasteiger partial charge in [0.1, 0.15) is 6.04 Å². The highest BCUT2D eigenvalue weighted by molar-refractivity contribution is 5.99. The Bertz CT molecular complexity index is 494. The number of aliphatic hydroxyl groups is 1. The molecule has 132 valence electrons. The van der Waals surface area contributed by atoms with Crippen molar-refractivity contribution in [1.82, 2.24) is 10.2 Å². The summed E-state index contributed by atoms with van der Waals surface area (Å²) in [4.78, 5) is 38.9. The monoisotopic (exact) mass is 327 g/mol. The van der Waals surface area contributed by atoms with Crippen LogP contribution in [0.1, 0.15) is 40.0 Å². The highest BCUT2D eigenvalue weighted by atomic mass is 16.3. The first kappa shape index (κ1) is 19.6. The van der Waals surface area contributed by atoms with Crippen LogP contribution in [0.5, 0.6) is 0 Å². The van der Waals surface area contributed by atoms with Crippen LogP contribution in [0.25, 0.3) is 0 Å². The third-order valence-electron chi connectivity index (χ3n) is 5.28. The van der Waals surface area contributed by atoms with Gasteiger partial charge in [-0.25, -0.2) is 0 Å². The van der Waals surface area contributed by atoms with E-state index in [9.17, 15) is 14.4 Å². The molecule has 0 aromatic rings. The van der Waals surface area contributed by atoms with Crippen LogP contribution in [-0.4, -0.2) is 60.4 Å². The summed E-state index contributed by atoms with van der Waals surface area (Å²) in [6, 6.07) is -1.83. The van der Waals surface area contributed by atoms with E-state index < -0.39 is 35.4 Å². The first-order valence-corrected chi connectivity index (χ1v) is 7.94. The SMILES string of the molecule is C[C@@H](NC(=O)[C@@H](N)CO)C(=O)C1(C)CCCC1(C)C(=O)N(C)C. The number of rotatable bonds is 6. The molecule has 4 atom stereocenters. The average molecular weight is 327 g/mol. The molecule has 0 aromatic heterocycles. The van der Waals surface area contributed by atoms with Crippen molar-refractivity contribution in [2.24, 2.45) is 16.6 Å². The zero-order valence-electron chi connectivity index (χ0n) is 14.7. The van der Waals surface area contributed by atoms with Crippen molar-refractivity contribution in [1.29, 1.82) is 0 Å². The summed E-state index contributed by atoms with van der Waals surface area (Å²) in [5, 5.41) is 11.5. The number of nitrogens with one attached hydrogen (secondary N) is 1. The van der Waals surface area contributed by atoms with E-state index in [2.05, 4.69) is 5.32 Å². The molecule has 0 spiro atoms. The molecule has 0 aromatic carbocycles. The van der Waals surface area contributed by atoms with Gasteiger partial charge in [-0.2, -0.15) is 0 Å². The van der Waals surface area contributed by atoms with E-state index in [0.29, 0.717) is 12.8 Å². The Morgan fingerprint density at radius 2 is 1.74 bits per heavy atom. The summed E-state index contributed by atoms with van der Waals surface area (Å²) < 4.78 is 0. The summed E-state index contributed by atoms with van der Waals surface area (Å²) in [5.74, 6) is -0.821. The maximum absolute atomic E-state index is 13.0. The number of carbonyl (C=O) groups is 3. The lowest BCUT2D eigenvalue weighted by molar-refractivity contribution is -0.152. The van der Waals surface area contributed by atoms with E-state index >= 15 is 0 Å². The van der Waals surface area contributed by atoms with Gasteiger partial charge in [-0.05, 0) is 26.7 Å². The molecule has 1 aliphatic rings. The molecule has 0 radical (unpaired) electrons. The zero-order valence-corrected chi connectivity index (χ0v) is 14.7. The quantitative estimate of drug-likeness (QED) is 0.618. The van der Waals surface area contributed by atoms with Crippen molar-refractivity contribution in [3.8, 4) is 0 Å². The first-order chi connectivity index (χ1) is 10.5. The van der Waals surface area contributed by atoms with Crippen LogP contribution in [0.15, 0.2) is 0 Å². The highest BCUT2D eigenvalue weighted by Crippen LogP contribution is 2.54. The number of nitrogens with two attached hydrogens (primary N) is 1. The Labute approximate surface area is 137 Å². The lowest BCUT2D eigenvalue weighted by Gasteiger charge is -2.41.